The highest BCUT2D eigenvalue weighted by molar-refractivity contribution is 8.13. The lowest BCUT2D eigenvalue weighted by molar-refractivity contribution is -0.117. The monoisotopic (exact) mass is 321 g/mol. The van der Waals surface area contributed by atoms with Crippen molar-refractivity contribution in [1.29, 1.82) is 0 Å². The van der Waals surface area contributed by atoms with Crippen molar-refractivity contribution in [2.24, 2.45) is 5.92 Å². The van der Waals surface area contributed by atoms with E-state index in [1.54, 1.807) is 0 Å². The van der Waals surface area contributed by atoms with Crippen LogP contribution < -0.4 is 4.90 Å². The van der Waals surface area contributed by atoms with Crippen LogP contribution in [0.5, 0.6) is 0 Å². The highest BCUT2D eigenvalue weighted by Crippen LogP contribution is 2.28. The number of rotatable bonds is 3. The average Bonchev–Trinajstić information content (AvgIpc) is 2.81. The molecule has 2 rings (SSSR count). The van der Waals surface area contributed by atoms with Gasteiger partial charge in [0.05, 0.1) is 5.75 Å². The van der Waals surface area contributed by atoms with Crippen molar-refractivity contribution in [1.82, 2.24) is 10.2 Å². The Morgan fingerprint density at radius 1 is 1.40 bits per heavy atom. The molecule has 1 amide bonds. The summed E-state index contributed by atoms with van der Waals surface area (Å²) < 4.78 is 27.6. The van der Waals surface area contributed by atoms with Crippen LogP contribution in [0, 0.1) is 5.92 Å². The van der Waals surface area contributed by atoms with Crippen LogP contribution in [0.3, 0.4) is 0 Å². The molecule has 1 aliphatic heterocycles. The minimum absolute atomic E-state index is 0.106. The van der Waals surface area contributed by atoms with Gasteiger partial charge in [0.15, 0.2) is 0 Å². The molecule has 1 saturated heterocycles. The number of hydrogen-bond acceptors (Lipinski definition) is 6. The van der Waals surface area contributed by atoms with Crippen molar-refractivity contribution in [2.75, 3.05) is 17.2 Å². The van der Waals surface area contributed by atoms with Crippen LogP contribution >= 0.6 is 10.7 Å². The second-order valence-corrected chi connectivity index (χ2v) is 8.74. The summed E-state index contributed by atoms with van der Waals surface area (Å²) in [5, 5.41) is 7.76. The Labute approximate surface area is 121 Å². The molecule has 0 aromatic carbocycles. The maximum Gasteiger partial charge on any atom is 0.325 e. The Bertz CT molecular complexity index is 620. The SMILES string of the molecule is CC(C)(C)c1nnc(N2CC(CS(=O)(=O)Cl)CC2=O)o1. The Balaban J connectivity index is 2.14. The third-order valence-electron chi connectivity index (χ3n) is 2.93. The molecule has 0 saturated carbocycles. The summed E-state index contributed by atoms with van der Waals surface area (Å²) in [5.41, 5.74) is -0.313. The zero-order chi connectivity index (χ0) is 15.1. The molecule has 9 heteroatoms. The maximum absolute atomic E-state index is 11.9. The van der Waals surface area contributed by atoms with E-state index in [2.05, 4.69) is 10.2 Å². The minimum Gasteiger partial charge on any atom is -0.407 e. The highest BCUT2D eigenvalue weighted by Gasteiger charge is 2.36. The predicted molar refractivity (Wildman–Crippen MR) is 73.1 cm³/mol. The highest BCUT2D eigenvalue weighted by atomic mass is 35.7. The van der Waals surface area contributed by atoms with Gasteiger partial charge in [-0.25, -0.2) is 8.42 Å². The molecule has 0 bridgehead atoms. The number of carbonyl (C=O) groups excluding carboxylic acids is 1. The first-order valence-corrected chi connectivity index (χ1v) is 8.61. The molecule has 1 atom stereocenters. The van der Waals surface area contributed by atoms with Gasteiger partial charge >= 0.3 is 6.01 Å². The Hall–Kier alpha value is -1.15. The number of aromatic nitrogens is 2. The zero-order valence-corrected chi connectivity index (χ0v) is 13.0. The molecule has 1 fully saturated rings. The quantitative estimate of drug-likeness (QED) is 0.779. The lowest BCUT2D eigenvalue weighted by atomic mass is 9.97. The first kappa shape index (κ1) is 15.2. The van der Waals surface area contributed by atoms with Crippen molar-refractivity contribution >= 4 is 31.7 Å². The van der Waals surface area contributed by atoms with Crippen molar-refractivity contribution in [2.45, 2.75) is 32.6 Å². The van der Waals surface area contributed by atoms with E-state index in [9.17, 15) is 13.2 Å². The molecule has 0 aliphatic carbocycles. The van der Waals surface area contributed by atoms with Gasteiger partial charge in [-0.15, -0.1) is 5.10 Å². The van der Waals surface area contributed by atoms with Crippen LogP contribution in [-0.2, 0) is 19.3 Å². The van der Waals surface area contributed by atoms with Gasteiger partial charge in [0, 0.05) is 35.0 Å². The number of nitrogens with zero attached hydrogens (tertiary/aromatic N) is 3. The normalized spacial score (nSPS) is 20.7. The molecule has 1 aromatic heterocycles. The van der Waals surface area contributed by atoms with E-state index >= 15 is 0 Å². The van der Waals surface area contributed by atoms with Gasteiger partial charge < -0.3 is 4.42 Å². The number of halogens is 1. The summed E-state index contributed by atoms with van der Waals surface area (Å²) in [4.78, 5) is 13.2. The van der Waals surface area contributed by atoms with E-state index in [1.807, 2.05) is 20.8 Å². The fraction of sp³-hybridized carbons (Fsp3) is 0.727. The molecule has 0 radical (unpaired) electrons. The number of anilines is 1. The minimum atomic E-state index is -3.63. The average molecular weight is 322 g/mol. The molecule has 112 valence electrons. The molecular weight excluding hydrogens is 306 g/mol. The summed E-state index contributed by atoms with van der Waals surface area (Å²) in [5.74, 6) is -0.403. The van der Waals surface area contributed by atoms with Gasteiger partial charge in [0.25, 0.3) is 0 Å². The molecule has 7 nitrogen and oxygen atoms in total. The fourth-order valence-electron chi connectivity index (χ4n) is 1.99. The van der Waals surface area contributed by atoms with E-state index in [0.29, 0.717) is 5.89 Å². The van der Waals surface area contributed by atoms with Gasteiger partial charge in [-0.05, 0) is 0 Å². The smallest absolute Gasteiger partial charge is 0.325 e. The van der Waals surface area contributed by atoms with Crippen molar-refractivity contribution in [3.8, 4) is 0 Å². The molecular formula is C11H16ClN3O4S. The summed E-state index contributed by atoms with van der Waals surface area (Å²) in [6, 6.07) is 0.106. The number of amides is 1. The van der Waals surface area contributed by atoms with E-state index in [1.165, 1.54) is 4.90 Å². The number of hydrogen-bond donors (Lipinski definition) is 0. The van der Waals surface area contributed by atoms with Gasteiger partial charge in [-0.2, -0.15) is 0 Å². The predicted octanol–water partition coefficient (Wildman–Crippen LogP) is 1.29. The van der Waals surface area contributed by atoms with Gasteiger partial charge in [0.1, 0.15) is 0 Å². The lowest BCUT2D eigenvalue weighted by Gasteiger charge is -2.13. The molecule has 0 N–H and O–H groups in total. The van der Waals surface area contributed by atoms with Gasteiger partial charge in [-0.3, -0.25) is 9.69 Å². The Kier molecular flexibility index (Phi) is 3.81. The van der Waals surface area contributed by atoms with E-state index in [-0.39, 0.29) is 42.0 Å². The van der Waals surface area contributed by atoms with Crippen molar-refractivity contribution in [3.63, 3.8) is 0 Å². The summed E-state index contributed by atoms with van der Waals surface area (Å²) in [7, 11) is 1.58. The largest absolute Gasteiger partial charge is 0.407 e. The van der Waals surface area contributed by atoms with Crippen LogP contribution in [0.1, 0.15) is 33.1 Å². The van der Waals surface area contributed by atoms with Crippen molar-refractivity contribution < 1.29 is 17.6 Å². The summed E-state index contributed by atoms with van der Waals surface area (Å²) in [6.45, 7) is 5.97. The molecule has 0 spiro atoms. The Morgan fingerprint density at radius 2 is 2.05 bits per heavy atom. The second-order valence-electron chi connectivity index (χ2n) is 5.92. The van der Waals surface area contributed by atoms with Crippen LogP contribution in [0.25, 0.3) is 0 Å². The van der Waals surface area contributed by atoms with E-state index in [4.69, 9.17) is 15.1 Å². The molecule has 1 unspecified atom stereocenters. The molecule has 1 aromatic rings. The number of carbonyl (C=O) groups is 1. The zero-order valence-electron chi connectivity index (χ0n) is 11.5. The standard InChI is InChI=1S/C11H16ClN3O4S/c1-11(2,3)9-13-14-10(19-9)15-5-7(4-8(15)16)6-20(12,17)18/h7H,4-6H2,1-3H3. The lowest BCUT2D eigenvalue weighted by Crippen LogP contribution is -2.25. The third kappa shape index (κ3) is 3.49. The fourth-order valence-corrected chi connectivity index (χ4v) is 3.31. The Morgan fingerprint density at radius 3 is 2.55 bits per heavy atom. The van der Waals surface area contributed by atoms with Crippen LogP contribution in [0.15, 0.2) is 4.42 Å². The molecule has 2 heterocycles. The molecule has 1 aliphatic rings. The van der Waals surface area contributed by atoms with Gasteiger partial charge in [-0.1, -0.05) is 25.9 Å². The third-order valence-corrected chi connectivity index (χ3v) is 4.17. The van der Waals surface area contributed by atoms with Crippen LogP contribution in [-0.4, -0.2) is 36.8 Å². The molecule has 20 heavy (non-hydrogen) atoms. The first-order chi connectivity index (χ1) is 9.06. The van der Waals surface area contributed by atoms with E-state index < -0.39 is 9.05 Å². The summed E-state index contributed by atoms with van der Waals surface area (Å²) in [6.07, 6.45) is 0.110. The topological polar surface area (TPSA) is 93.4 Å². The van der Waals surface area contributed by atoms with Gasteiger partial charge in [0.2, 0.25) is 20.8 Å². The van der Waals surface area contributed by atoms with Crippen LogP contribution in [0.2, 0.25) is 0 Å². The summed E-state index contributed by atoms with van der Waals surface area (Å²) >= 11 is 0. The van der Waals surface area contributed by atoms with E-state index in [0.717, 1.165) is 0 Å². The second kappa shape index (κ2) is 5.00. The van der Waals surface area contributed by atoms with Crippen molar-refractivity contribution in [3.05, 3.63) is 5.89 Å². The van der Waals surface area contributed by atoms with Crippen LogP contribution in [0.4, 0.5) is 6.01 Å². The maximum atomic E-state index is 11.9. The first-order valence-electron chi connectivity index (χ1n) is 6.13.